The predicted molar refractivity (Wildman–Crippen MR) is 108 cm³/mol. The normalized spacial score (nSPS) is 10.3. The first-order valence-corrected chi connectivity index (χ1v) is 9.47. The van der Waals surface area contributed by atoms with Gasteiger partial charge in [-0.05, 0) is 18.2 Å². The fourth-order valence-electron chi connectivity index (χ4n) is 1.96. The van der Waals surface area contributed by atoms with E-state index in [0.717, 1.165) is 11.8 Å². The Morgan fingerprint density at radius 3 is 2.70 bits per heavy atom. The van der Waals surface area contributed by atoms with Gasteiger partial charge < -0.3 is 15.6 Å². The minimum Gasteiger partial charge on any atom is -0.352 e. The molecule has 0 saturated carbocycles. The Kier molecular flexibility index (Phi) is 7.90. The van der Waals surface area contributed by atoms with Crippen LogP contribution < -0.4 is 16.2 Å². The minimum absolute atomic E-state index is 0.00923. The van der Waals surface area contributed by atoms with Crippen molar-refractivity contribution in [1.29, 1.82) is 0 Å². The number of rotatable bonds is 8. The van der Waals surface area contributed by atoms with E-state index in [1.807, 2.05) is 0 Å². The summed E-state index contributed by atoms with van der Waals surface area (Å²) in [7, 11) is 0. The molecule has 0 aliphatic heterocycles. The van der Waals surface area contributed by atoms with Gasteiger partial charge >= 0.3 is 0 Å². The zero-order valence-electron chi connectivity index (χ0n) is 14.1. The molecule has 142 valence electrons. The standard InChI is InChI=1S/C17H16Cl2N4O3S/c1-2-5-20-14(24)7-11-8-15(25)23-17(22-11)27-9-16(26)21-10-3-4-12(18)13(19)6-10/h2-4,6,8H,1,5,7,9H2,(H,20,24)(H,21,26)(H,22,23,25). The number of carbonyl (C=O) groups is 2. The van der Waals surface area contributed by atoms with Crippen LogP contribution in [0.25, 0.3) is 0 Å². The Morgan fingerprint density at radius 2 is 2.00 bits per heavy atom. The molecule has 0 radical (unpaired) electrons. The van der Waals surface area contributed by atoms with Crippen LogP contribution in [0, 0.1) is 0 Å². The van der Waals surface area contributed by atoms with Crippen LogP contribution in [0.15, 0.2) is 46.9 Å². The summed E-state index contributed by atoms with van der Waals surface area (Å²) in [5.41, 5.74) is 0.417. The number of aromatic amines is 1. The lowest BCUT2D eigenvalue weighted by atomic mass is 10.3. The summed E-state index contributed by atoms with van der Waals surface area (Å²) in [6.07, 6.45) is 1.51. The number of H-pyrrole nitrogens is 1. The molecule has 0 fully saturated rings. The molecule has 27 heavy (non-hydrogen) atoms. The SMILES string of the molecule is C=CCNC(=O)Cc1cc(=O)[nH]c(SCC(=O)Nc2ccc(Cl)c(Cl)c2)n1. The molecule has 0 aliphatic carbocycles. The van der Waals surface area contributed by atoms with Crippen LogP contribution in [0.4, 0.5) is 5.69 Å². The highest BCUT2D eigenvalue weighted by Crippen LogP contribution is 2.25. The summed E-state index contributed by atoms with van der Waals surface area (Å²) in [5.74, 6) is -0.577. The van der Waals surface area contributed by atoms with Crippen LogP contribution >= 0.6 is 35.0 Å². The molecule has 1 aromatic heterocycles. The second-order valence-corrected chi connectivity index (χ2v) is 7.06. The third-order valence-corrected chi connectivity index (χ3v) is 4.71. The van der Waals surface area contributed by atoms with Gasteiger partial charge in [-0.3, -0.25) is 14.4 Å². The molecule has 0 saturated heterocycles. The first-order valence-electron chi connectivity index (χ1n) is 7.73. The second kappa shape index (κ2) is 10.1. The molecule has 10 heteroatoms. The number of anilines is 1. The van der Waals surface area contributed by atoms with E-state index in [9.17, 15) is 14.4 Å². The monoisotopic (exact) mass is 426 g/mol. The number of aromatic nitrogens is 2. The van der Waals surface area contributed by atoms with Crippen LogP contribution in [0.5, 0.6) is 0 Å². The van der Waals surface area contributed by atoms with Crippen LogP contribution in [0.1, 0.15) is 5.69 Å². The van der Waals surface area contributed by atoms with Crippen LogP contribution in [0.3, 0.4) is 0 Å². The Morgan fingerprint density at radius 1 is 1.22 bits per heavy atom. The summed E-state index contributed by atoms with van der Waals surface area (Å²) in [6, 6.07) is 5.98. The molecule has 1 heterocycles. The highest BCUT2D eigenvalue weighted by molar-refractivity contribution is 7.99. The molecular formula is C17H16Cl2N4O3S. The van der Waals surface area contributed by atoms with Gasteiger partial charge in [-0.2, -0.15) is 0 Å². The highest BCUT2D eigenvalue weighted by Gasteiger charge is 2.10. The quantitative estimate of drug-likeness (QED) is 0.342. The van der Waals surface area contributed by atoms with Gasteiger partial charge in [-0.1, -0.05) is 41.0 Å². The summed E-state index contributed by atoms with van der Waals surface area (Å²) in [5, 5.41) is 6.24. The molecule has 7 nitrogen and oxygen atoms in total. The van der Waals surface area contributed by atoms with E-state index in [4.69, 9.17) is 23.2 Å². The molecule has 0 atom stereocenters. The lowest BCUT2D eigenvalue weighted by molar-refractivity contribution is -0.120. The molecule has 0 spiro atoms. The molecule has 2 amide bonds. The molecule has 0 unspecified atom stereocenters. The Hall–Kier alpha value is -2.29. The second-order valence-electron chi connectivity index (χ2n) is 5.28. The largest absolute Gasteiger partial charge is 0.352 e. The Balaban J connectivity index is 1.95. The topological polar surface area (TPSA) is 104 Å². The molecule has 0 bridgehead atoms. The highest BCUT2D eigenvalue weighted by atomic mass is 35.5. The van der Waals surface area contributed by atoms with Gasteiger partial charge in [-0.15, -0.1) is 6.58 Å². The maximum atomic E-state index is 12.0. The first-order chi connectivity index (χ1) is 12.9. The average Bonchev–Trinajstić information content (AvgIpc) is 2.61. The van der Waals surface area contributed by atoms with Crippen molar-refractivity contribution in [2.75, 3.05) is 17.6 Å². The van der Waals surface area contributed by atoms with Crippen molar-refractivity contribution in [2.45, 2.75) is 11.6 Å². The van der Waals surface area contributed by atoms with Gasteiger partial charge in [0.15, 0.2) is 5.16 Å². The Labute approximate surface area is 169 Å². The molecule has 2 aromatic rings. The number of amides is 2. The first kappa shape index (κ1) is 21.0. The summed E-state index contributed by atoms with van der Waals surface area (Å²) < 4.78 is 0. The van der Waals surface area contributed by atoms with Crippen molar-refractivity contribution in [3.05, 3.63) is 63.0 Å². The lowest BCUT2D eigenvalue weighted by Gasteiger charge is -2.07. The lowest BCUT2D eigenvalue weighted by Crippen LogP contribution is -2.26. The molecular weight excluding hydrogens is 411 g/mol. The number of halogens is 2. The molecule has 2 rings (SSSR count). The third kappa shape index (κ3) is 7.09. The number of hydrogen-bond donors (Lipinski definition) is 3. The number of carbonyl (C=O) groups excluding carboxylic acids is 2. The van der Waals surface area contributed by atoms with E-state index in [1.54, 1.807) is 18.2 Å². The fraction of sp³-hybridized carbons (Fsp3) is 0.176. The molecule has 0 aliphatic rings. The maximum Gasteiger partial charge on any atom is 0.251 e. The van der Waals surface area contributed by atoms with E-state index in [2.05, 4.69) is 27.2 Å². The minimum atomic E-state index is -0.399. The van der Waals surface area contributed by atoms with Gasteiger partial charge in [-0.25, -0.2) is 4.98 Å². The van der Waals surface area contributed by atoms with Gasteiger partial charge in [0.05, 0.1) is 27.9 Å². The third-order valence-electron chi connectivity index (χ3n) is 3.10. The zero-order chi connectivity index (χ0) is 19.8. The van der Waals surface area contributed by atoms with Crippen molar-refractivity contribution in [2.24, 2.45) is 0 Å². The van der Waals surface area contributed by atoms with E-state index in [1.165, 1.54) is 12.1 Å². The van der Waals surface area contributed by atoms with Crippen molar-refractivity contribution >= 4 is 52.5 Å². The van der Waals surface area contributed by atoms with Gasteiger partial charge in [0.1, 0.15) is 0 Å². The number of thioether (sulfide) groups is 1. The van der Waals surface area contributed by atoms with Gasteiger partial charge in [0, 0.05) is 18.3 Å². The maximum absolute atomic E-state index is 12.0. The number of nitrogens with zero attached hydrogens (tertiary/aromatic N) is 1. The molecule has 3 N–H and O–H groups in total. The summed E-state index contributed by atoms with van der Waals surface area (Å²) in [6.45, 7) is 3.84. The van der Waals surface area contributed by atoms with Crippen molar-refractivity contribution < 1.29 is 9.59 Å². The van der Waals surface area contributed by atoms with E-state index < -0.39 is 5.56 Å². The number of nitrogens with one attached hydrogen (secondary N) is 3. The van der Waals surface area contributed by atoms with E-state index in [0.29, 0.717) is 28.0 Å². The summed E-state index contributed by atoms with van der Waals surface area (Å²) >= 11 is 12.8. The van der Waals surface area contributed by atoms with Crippen LogP contribution in [-0.4, -0.2) is 34.1 Å². The number of hydrogen-bond acceptors (Lipinski definition) is 5. The average molecular weight is 427 g/mol. The fourth-order valence-corrected chi connectivity index (χ4v) is 2.95. The van der Waals surface area contributed by atoms with Gasteiger partial charge in [0.2, 0.25) is 11.8 Å². The predicted octanol–water partition coefficient (Wildman–Crippen LogP) is 2.65. The molecule has 1 aromatic carbocycles. The van der Waals surface area contributed by atoms with E-state index in [-0.39, 0.29) is 29.1 Å². The van der Waals surface area contributed by atoms with Crippen molar-refractivity contribution in [3.8, 4) is 0 Å². The van der Waals surface area contributed by atoms with E-state index >= 15 is 0 Å². The van der Waals surface area contributed by atoms with Crippen molar-refractivity contribution in [1.82, 2.24) is 15.3 Å². The van der Waals surface area contributed by atoms with Crippen LogP contribution in [-0.2, 0) is 16.0 Å². The Bertz CT molecular complexity index is 917. The van der Waals surface area contributed by atoms with Gasteiger partial charge in [0.25, 0.3) is 5.56 Å². The smallest absolute Gasteiger partial charge is 0.251 e. The van der Waals surface area contributed by atoms with Crippen molar-refractivity contribution in [3.63, 3.8) is 0 Å². The summed E-state index contributed by atoms with van der Waals surface area (Å²) in [4.78, 5) is 42.2. The van der Waals surface area contributed by atoms with Crippen LogP contribution in [0.2, 0.25) is 10.0 Å². The number of benzene rings is 1. The zero-order valence-corrected chi connectivity index (χ0v) is 16.4.